The Hall–Kier alpha value is -0.530. The van der Waals surface area contributed by atoms with E-state index < -0.39 is 0 Å². The van der Waals surface area contributed by atoms with Crippen LogP contribution in [0.25, 0.3) is 0 Å². The van der Waals surface area contributed by atoms with Crippen molar-refractivity contribution in [1.29, 1.82) is 0 Å². The van der Waals surface area contributed by atoms with Gasteiger partial charge in [-0.2, -0.15) is 0 Å². The number of rotatable bonds is 5. The monoisotopic (exact) mass is 158 g/mol. The summed E-state index contributed by atoms with van der Waals surface area (Å²) in [5.74, 6) is 0.0943. The zero-order valence-electron chi connectivity index (χ0n) is 7.72. The van der Waals surface area contributed by atoms with Crippen molar-refractivity contribution in [2.45, 2.75) is 40.0 Å². The molecule has 0 fully saturated rings. The van der Waals surface area contributed by atoms with E-state index in [0.29, 0.717) is 6.61 Å². The van der Waals surface area contributed by atoms with Gasteiger partial charge >= 0.3 is 5.97 Å². The van der Waals surface area contributed by atoms with E-state index in [1.54, 1.807) is 0 Å². The number of ether oxygens (including phenoxy) is 1. The highest BCUT2D eigenvalue weighted by atomic mass is 16.5. The highest BCUT2D eigenvalue weighted by molar-refractivity contribution is 5.72. The second kappa shape index (κ2) is 6.20. The molecule has 2 heteroatoms. The van der Waals surface area contributed by atoms with Gasteiger partial charge in [0.25, 0.3) is 0 Å². The maximum Gasteiger partial charge on any atom is 0.308 e. The van der Waals surface area contributed by atoms with Crippen molar-refractivity contribution in [2.75, 3.05) is 6.61 Å². The van der Waals surface area contributed by atoms with E-state index in [0.717, 1.165) is 19.3 Å². The number of carbonyl (C=O) groups excluding carboxylic acids is 1. The highest BCUT2D eigenvalue weighted by Gasteiger charge is 2.15. The lowest BCUT2D eigenvalue weighted by Gasteiger charge is -2.11. The molecular formula is C9H18O2. The molecule has 66 valence electrons. The maximum absolute atomic E-state index is 11.1. The minimum atomic E-state index is -0.0307. The van der Waals surface area contributed by atoms with Crippen LogP contribution < -0.4 is 0 Å². The van der Waals surface area contributed by atoms with Gasteiger partial charge in [0.15, 0.2) is 0 Å². The molecule has 0 spiro atoms. The third-order valence-electron chi connectivity index (χ3n) is 1.75. The molecule has 0 aromatic rings. The van der Waals surface area contributed by atoms with Crippen LogP contribution in [0.4, 0.5) is 0 Å². The lowest BCUT2D eigenvalue weighted by Crippen LogP contribution is -2.16. The van der Waals surface area contributed by atoms with E-state index in [9.17, 15) is 4.79 Å². The summed E-state index contributed by atoms with van der Waals surface area (Å²) in [4.78, 5) is 11.1. The van der Waals surface area contributed by atoms with Crippen LogP contribution in [0.1, 0.15) is 40.0 Å². The Morgan fingerprint density at radius 3 is 2.36 bits per heavy atom. The quantitative estimate of drug-likeness (QED) is 0.574. The minimum Gasteiger partial charge on any atom is -0.466 e. The topological polar surface area (TPSA) is 26.3 Å². The molecule has 1 atom stereocenters. The van der Waals surface area contributed by atoms with Gasteiger partial charge in [-0.05, 0) is 19.8 Å². The van der Waals surface area contributed by atoms with Crippen molar-refractivity contribution in [2.24, 2.45) is 5.92 Å². The van der Waals surface area contributed by atoms with Gasteiger partial charge in [-0.25, -0.2) is 0 Å². The SMILES string of the molecule is CCCC(CC)C(=O)OCC. The minimum absolute atomic E-state index is 0.0307. The smallest absolute Gasteiger partial charge is 0.308 e. The fourth-order valence-electron chi connectivity index (χ4n) is 1.10. The molecular weight excluding hydrogens is 140 g/mol. The average Bonchev–Trinajstić information content (AvgIpc) is 2.00. The van der Waals surface area contributed by atoms with E-state index in [1.165, 1.54) is 0 Å². The number of hydrogen-bond donors (Lipinski definition) is 0. The van der Waals surface area contributed by atoms with Crippen molar-refractivity contribution >= 4 is 5.97 Å². The maximum atomic E-state index is 11.1. The molecule has 0 rings (SSSR count). The summed E-state index contributed by atoms with van der Waals surface area (Å²) in [5, 5.41) is 0. The molecule has 2 nitrogen and oxygen atoms in total. The van der Waals surface area contributed by atoms with E-state index in [-0.39, 0.29) is 11.9 Å². The standard InChI is InChI=1S/C9H18O2/c1-4-7-8(5-2)9(10)11-6-3/h8H,4-7H2,1-3H3. The summed E-state index contributed by atoms with van der Waals surface area (Å²) in [6.07, 6.45) is 2.90. The van der Waals surface area contributed by atoms with E-state index in [4.69, 9.17) is 4.74 Å². The lowest BCUT2D eigenvalue weighted by atomic mass is 10.0. The molecule has 0 saturated heterocycles. The van der Waals surface area contributed by atoms with Gasteiger partial charge in [0.1, 0.15) is 0 Å². The summed E-state index contributed by atoms with van der Waals surface area (Å²) in [7, 11) is 0. The zero-order chi connectivity index (χ0) is 8.69. The Balaban J connectivity index is 3.71. The van der Waals surface area contributed by atoms with Crippen LogP contribution in [0.2, 0.25) is 0 Å². The number of esters is 1. The molecule has 0 aromatic heterocycles. The first kappa shape index (κ1) is 10.5. The van der Waals surface area contributed by atoms with E-state index in [2.05, 4.69) is 6.92 Å². The van der Waals surface area contributed by atoms with E-state index >= 15 is 0 Å². The molecule has 0 saturated carbocycles. The molecule has 1 unspecified atom stereocenters. The Morgan fingerprint density at radius 1 is 1.36 bits per heavy atom. The van der Waals surface area contributed by atoms with Gasteiger partial charge in [-0.1, -0.05) is 20.3 Å². The fraction of sp³-hybridized carbons (Fsp3) is 0.889. The Bertz CT molecular complexity index is 110. The normalized spacial score (nSPS) is 12.6. The highest BCUT2D eigenvalue weighted by Crippen LogP contribution is 2.12. The third-order valence-corrected chi connectivity index (χ3v) is 1.75. The van der Waals surface area contributed by atoms with E-state index in [1.807, 2.05) is 13.8 Å². The summed E-state index contributed by atoms with van der Waals surface area (Å²) in [6.45, 7) is 6.45. The predicted octanol–water partition coefficient (Wildman–Crippen LogP) is 2.38. The molecule has 11 heavy (non-hydrogen) atoms. The summed E-state index contributed by atoms with van der Waals surface area (Å²) >= 11 is 0. The number of carbonyl (C=O) groups is 1. The summed E-state index contributed by atoms with van der Waals surface area (Å²) in [6, 6.07) is 0. The second-order valence-electron chi connectivity index (χ2n) is 2.65. The molecule has 0 bridgehead atoms. The summed E-state index contributed by atoms with van der Waals surface area (Å²) < 4.78 is 4.91. The van der Waals surface area contributed by atoms with Crippen molar-refractivity contribution in [3.63, 3.8) is 0 Å². The molecule has 0 N–H and O–H groups in total. The van der Waals surface area contributed by atoms with Gasteiger partial charge in [-0.15, -0.1) is 0 Å². The first-order valence-corrected chi connectivity index (χ1v) is 4.42. The van der Waals surface area contributed by atoms with Crippen LogP contribution in [0.5, 0.6) is 0 Å². The van der Waals surface area contributed by atoms with Crippen LogP contribution in [0.3, 0.4) is 0 Å². The first-order chi connectivity index (χ1) is 5.26. The van der Waals surface area contributed by atoms with Crippen molar-refractivity contribution < 1.29 is 9.53 Å². The van der Waals surface area contributed by atoms with Crippen LogP contribution in [-0.2, 0) is 9.53 Å². The van der Waals surface area contributed by atoms with Gasteiger partial charge in [0.05, 0.1) is 12.5 Å². The van der Waals surface area contributed by atoms with Gasteiger partial charge in [0.2, 0.25) is 0 Å². The molecule has 0 radical (unpaired) electrons. The second-order valence-corrected chi connectivity index (χ2v) is 2.65. The van der Waals surface area contributed by atoms with Crippen molar-refractivity contribution in [3.05, 3.63) is 0 Å². The fourth-order valence-corrected chi connectivity index (χ4v) is 1.10. The molecule has 0 aliphatic heterocycles. The molecule has 0 aromatic carbocycles. The van der Waals surface area contributed by atoms with Crippen LogP contribution in [-0.4, -0.2) is 12.6 Å². The van der Waals surface area contributed by atoms with Crippen LogP contribution >= 0.6 is 0 Å². The van der Waals surface area contributed by atoms with Gasteiger partial charge in [-0.3, -0.25) is 4.79 Å². The Kier molecular flexibility index (Phi) is 5.90. The Labute approximate surface area is 68.9 Å². The van der Waals surface area contributed by atoms with Gasteiger partial charge < -0.3 is 4.74 Å². The van der Waals surface area contributed by atoms with Crippen LogP contribution in [0, 0.1) is 5.92 Å². The Morgan fingerprint density at radius 2 is 2.00 bits per heavy atom. The van der Waals surface area contributed by atoms with Gasteiger partial charge in [0, 0.05) is 0 Å². The third kappa shape index (κ3) is 4.02. The first-order valence-electron chi connectivity index (χ1n) is 4.42. The average molecular weight is 158 g/mol. The zero-order valence-corrected chi connectivity index (χ0v) is 7.72. The van der Waals surface area contributed by atoms with Crippen molar-refractivity contribution in [1.82, 2.24) is 0 Å². The van der Waals surface area contributed by atoms with Crippen LogP contribution in [0.15, 0.2) is 0 Å². The lowest BCUT2D eigenvalue weighted by molar-refractivity contribution is -0.148. The van der Waals surface area contributed by atoms with Crippen molar-refractivity contribution in [3.8, 4) is 0 Å². The summed E-state index contributed by atoms with van der Waals surface area (Å²) in [5.41, 5.74) is 0. The molecule has 0 aliphatic carbocycles. The molecule has 0 aliphatic rings. The molecule has 0 heterocycles. The number of hydrogen-bond acceptors (Lipinski definition) is 2. The molecule has 0 amide bonds. The largest absolute Gasteiger partial charge is 0.466 e. The predicted molar refractivity (Wildman–Crippen MR) is 45.3 cm³/mol.